The summed E-state index contributed by atoms with van der Waals surface area (Å²) in [6.07, 6.45) is 1.59. The Hall–Kier alpha value is -2.84. The molecule has 0 saturated carbocycles. The smallest absolute Gasteiger partial charge is 0.240 e. The van der Waals surface area contributed by atoms with E-state index in [1.54, 1.807) is 61.9 Å². The van der Waals surface area contributed by atoms with Gasteiger partial charge in [-0.25, -0.2) is 0 Å². The van der Waals surface area contributed by atoms with E-state index >= 15 is 0 Å². The number of anilines is 1. The van der Waals surface area contributed by atoms with Gasteiger partial charge in [-0.3, -0.25) is 9.59 Å². The molecular formula is C19H17ClN4O3S. The van der Waals surface area contributed by atoms with Crippen LogP contribution >= 0.6 is 23.4 Å². The second-order valence-electron chi connectivity index (χ2n) is 5.78. The lowest BCUT2D eigenvalue weighted by Gasteiger charge is -2.08. The van der Waals surface area contributed by atoms with Crippen LogP contribution in [-0.2, 0) is 9.59 Å². The second-order valence-corrected chi connectivity index (χ2v) is 7.41. The molecule has 0 aromatic heterocycles. The molecule has 2 amide bonds. The van der Waals surface area contributed by atoms with Crippen molar-refractivity contribution in [1.29, 1.82) is 0 Å². The van der Waals surface area contributed by atoms with Gasteiger partial charge in [-0.1, -0.05) is 35.5 Å². The zero-order chi connectivity index (χ0) is 19.9. The van der Waals surface area contributed by atoms with E-state index < -0.39 is 5.25 Å². The van der Waals surface area contributed by atoms with Crippen molar-refractivity contribution in [3.8, 4) is 5.75 Å². The summed E-state index contributed by atoms with van der Waals surface area (Å²) in [4.78, 5) is 24.2. The van der Waals surface area contributed by atoms with Crippen molar-refractivity contribution in [2.75, 3.05) is 12.4 Å². The van der Waals surface area contributed by atoms with Gasteiger partial charge in [-0.05, 0) is 42.0 Å². The average Bonchev–Trinajstić information content (AvgIpc) is 3.03. The largest absolute Gasteiger partial charge is 0.497 e. The highest BCUT2D eigenvalue weighted by atomic mass is 35.5. The molecule has 1 aliphatic heterocycles. The summed E-state index contributed by atoms with van der Waals surface area (Å²) in [5.74, 6) is 0.169. The molecule has 9 heteroatoms. The van der Waals surface area contributed by atoms with E-state index in [1.807, 2.05) is 0 Å². The van der Waals surface area contributed by atoms with Crippen LogP contribution < -0.4 is 15.4 Å². The van der Waals surface area contributed by atoms with Crippen LogP contribution in [-0.4, -0.2) is 35.6 Å². The highest BCUT2D eigenvalue weighted by Gasteiger charge is 2.32. The van der Waals surface area contributed by atoms with Crippen molar-refractivity contribution in [3.63, 3.8) is 0 Å². The van der Waals surface area contributed by atoms with E-state index in [2.05, 4.69) is 20.8 Å². The molecule has 2 N–H and O–H groups in total. The number of carbonyl (C=O) groups is 2. The monoisotopic (exact) mass is 416 g/mol. The van der Waals surface area contributed by atoms with Crippen LogP contribution in [0.25, 0.3) is 0 Å². The van der Waals surface area contributed by atoms with Gasteiger partial charge in [0.25, 0.3) is 0 Å². The third-order valence-electron chi connectivity index (χ3n) is 3.75. The number of hydrogen-bond acceptors (Lipinski definition) is 6. The van der Waals surface area contributed by atoms with Crippen LogP contribution in [0, 0.1) is 0 Å². The molecule has 28 heavy (non-hydrogen) atoms. The Labute approximate surface area is 171 Å². The highest BCUT2D eigenvalue weighted by Crippen LogP contribution is 2.23. The molecule has 1 saturated heterocycles. The van der Waals surface area contributed by atoms with Crippen LogP contribution in [0.5, 0.6) is 5.75 Å². The first-order valence-electron chi connectivity index (χ1n) is 8.31. The van der Waals surface area contributed by atoms with Crippen molar-refractivity contribution in [2.24, 2.45) is 10.2 Å². The standard InChI is InChI=1S/C19H17ClN4O3S/c1-27-15-8-6-14(7-9-15)22-17(25)10-16-18(26)23-19(28-16)24-21-11-12-2-4-13(20)5-3-12/h2-9,11,16H,10H2,1H3,(H,22,25)(H,23,24,26)/b21-11+. The van der Waals surface area contributed by atoms with Crippen molar-refractivity contribution in [2.45, 2.75) is 11.7 Å². The Bertz CT molecular complexity index is 914. The lowest BCUT2D eigenvalue weighted by molar-refractivity contribution is -0.122. The Morgan fingerprint density at radius 2 is 1.96 bits per heavy atom. The molecule has 2 aromatic carbocycles. The first-order valence-corrected chi connectivity index (χ1v) is 9.57. The summed E-state index contributed by atoms with van der Waals surface area (Å²) in [7, 11) is 1.57. The van der Waals surface area contributed by atoms with Gasteiger partial charge in [0, 0.05) is 17.1 Å². The molecule has 1 atom stereocenters. The average molecular weight is 417 g/mol. The van der Waals surface area contributed by atoms with Crippen LogP contribution in [0.2, 0.25) is 5.02 Å². The molecule has 1 heterocycles. The molecule has 7 nitrogen and oxygen atoms in total. The van der Waals surface area contributed by atoms with Gasteiger partial charge >= 0.3 is 0 Å². The Balaban J connectivity index is 1.53. The third-order valence-corrected chi connectivity index (χ3v) is 5.07. The molecular weight excluding hydrogens is 400 g/mol. The minimum atomic E-state index is -0.553. The summed E-state index contributed by atoms with van der Waals surface area (Å²) < 4.78 is 5.07. The van der Waals surface area contributed by atoms with Crippen molar-refractivity contribution < 1.29 is 14.3 Å². The fourth-order valence-corrected chi connectivity index (χ4v) is 3.39. The summed E-state index contributed by atoms with van der Waals surface area (Å²) in [6, 6.07) is 14.1. The number of amides is 2. The van der Waals surface area contributed by atoms with E-state index in [0.29, 0.717) is 21.6 Å². The Morgan fingerprint density at radius 1 is 1.25 bits per heavy atom. The number of methoxy groups -OCH3 is 1. The molecule has 0 bridgehead atoms. The van der Waals surface area contributed by atoms with Crippen LogP contribution in [0.4, 0.5) is 5.69 Å². The number of ether oxygens (including phenoxy) is 1. The Kier molecular flexibility index (Phi) is 6.67. The summed E-state index contributed by atoms with van der Waals surface area (Å²) >= 11 is 7.00. The fraction of sp³-hybridized carbons (Fsp3) is 0.158. The number of rotatable bonds is 6. The second kappa shape index (κ2) is 9.38. The number of benzene rings is 2. The van der Waals surface area contributed by atoms with Gasteiger partial charge in [0.15, 0.2) is 5.17 Å². The lowest BCUT2D eigenvalue weighted by Crippen LogP contribution is -2.28. The minimum Gasteiger partial charge on any atom is -0.497 e. The normalized spacial score (nSPS) is 17.7. The minimum absolute atomic E-state index is 0.0302. The first-order chi connectivity index (χ1) is 13.5. The molecule has 0 spiro atoms. The molecule has 0 radical (unpaired) electrons. The Morgan fingerprint density at radius 3 is 2.64 bits per heavy atom. The van der Waals surface area contributed by atoms with Gasteiger partial charge in [0.05, 0.1) is 13.3 Å². The van der Waals surface area contributed by atoms with Crippen LogP contribution in [0.1, 0.15) is 12.0 Å². The van der Waals surface area contributed by atoms with Gasteiger partial charge in [0.1, 0.15) is 11.0 Å². The van der Waals surface area contributed by atoms with Gasteiger partial charge in [0.2, 0.25) is 11.8 Å². The molecule has 1 fully saturated rings. The first kappa shape index (κ1) is 19.9. The van der Waals surface area contributed by atoms with E-state index in [1.165, 1.54) is 11.8 Å². The summed E-state index contributed by atoms with van der Waals surface area (Å²) in [6.45, 7) is 0. The fourth-order valence-electron chi connectivity index (χ4n) is 2.34. The van der Waals surface area contributed by atoms with Gasteiger partial charge in [-0.2, -0.15) is 5.10 Å². The number of carbonyl (C=O) groups excluding carboxylic acids is 2. The van der Waals surface area contributed by atoms with E-state index in [4.69, 9.17) is 16.3 Å². The number of nitrogens with one attached hydrogen (secondary N) is 2. The number of thioether (sulfide) groups is 1. The maximum Gasteiger partial charge on any atom is 0.240 e. The quantitative estimate of drug-likeness (QED) is 0.558. The summed E-state index contributed by atoms with van der Waals surface area (Å²) in [5, 5.41) is 13.8. The highest BCUT2D eigenvalue weighted by molar-refractivity contribution is 8.15. The van der Waals surface area contributed by atoms with Gasteiger partial charge < -0.3 is 15.4 Å². The van der Waals surface area contributed by atoms with Crippen LogP contribution in [0.15, 0.2) is 58.7 Å². The molecule has 1 aliphatic rings. The predicted octanol–water partition coefficient (Wildman–Crippen LogP) is 3.30. The number of hydrogen-bond donors (Lipinski definition) is 2. The van der Waals surface area contributed by atoms with Crippen molar-refractivity contribution in [1.82, 2.24) is 5.32 Å². The van der Waals surface area contributed by atoms with E-state index in [-0.39, 0.29) is 18.2 Å². The molecule has 3 rings (SSSR count). The zero-order valence-corrected chi connectivity index (χ0v) is 16.5. The topological polar surface area (TPSA) is 92.2 Å². The number of amidine groups is 1. The maximum atomic E-state index is 12.2. The third kappa shape index (κ3) is 5.58. The predicted molar refractivity (Wildman–Crippen MR) is 112 cm³/mol. The molecule has 144 valence electrons. The molecule has 1 unspecified atom stereocenters. The number of halogens is 1. The van der Waals surface area contributed by atoms with Gasteiger partial charge in [-0.15, -0.1) is 5.10 Å². The summed E-state index contributed by atoms with van der Waals surface area (Å²) in [5.41, 5.74) is 1.47. The zero-order valence-electron chi connectivity index (χ0n) is 14.9. The number of nitrogens with zero attached hydrogens (tertiary/aromatic N) is 2. The van der Waals surface area contributed by atoms with Crippen molar-refractivity contribution in [3.05, 3.63) is 59.1 Å². The SMILES string of the molecule is COc1ccc(NC(=O)CC2S/C(=N/N=C/c3ccc(Cl)cc3)NC2=O)cc1. The molecule has 0 aliphatic carbocycles. The van der Waals surface area contributed by atoms with Crippen molar-refractivity contribution >= 4 is 52.2 Å². The lowest BCUT2D eigenvalue weighted by atomic mass is 10.2. The van der Waals surface area contributed by atoms with Crippen LogP contribution in [0.3, 0.4) is 0 Å². The maximum absolute atomic E-state index is 12.2. The van der Waals surface area contributed by atoms with E-state index in [0.717, 1.165) is 5.56 Å². The van der Waals surface area contributed by atoms with E-state index in [9.17, 15) is 9.59 Å². The molecule has 2 aromatic rings.